The van der Waals surface area contributed by atoms with Gasteiger partial charge in [0, 0.05) is 12.0 Å². The number of carbonyl (C=O) groups excluding carboxylic acids is 1. The van der Waals surface area contributed by atoms with Crippen molar-refractivity contribution < 1.29 is 14.7 Å². The molecule has 24 heavy (non-hydrogen) atoms. The van der Waals surface area contributed by atoms with Gasteiger partial charge in [0.1, 0.15) is 0 Å². The van der Waals surface area contributed by atoms with E-state index in [2.05, 4.69) is 13.8 Å². The van der Waals surface area contributed by atoms with Crippen LogP contribution in [0, 0.1) is 0 Å². The van der Waals surface area contributed by atoms with E-state index in [9.17, 15) is 14.7 Å². The van der Waals surface area contributed by atoms with E-state index in [0.717, 1.165) is 23.1 Å². The molecule has 0 saturated carbocycles. The van der Waals surface area contributed by atoms with Gasteiger partial charge in [0.15, 0.2) is 5.78 Å². The molecule has 3 rings (SSSR count). The van der Waals surface area contributed by atoms with Gasteiger partial charge < -0.3 is 5.11 Å². The van der Waals surface area contributed by atoms with Crippen LogP contribution in [0.1, 0.15) is 64.1 Å². The molecule has 122 valence electrons. The summed E-state index contributed by atoms with van der Waals surface area (Å²) in [6, 6.07) is 12.8. The van der Waals surface area contributed by atoms with E-state index >= 15 is 0 Å². The van der Waals surface area contributed by atoms with E-state index in [1.807, 2.05) is 30.3 Å². The van der Waals surface area contributed by atoms with E-state index < -0.39 is 5.97 Å². The molecular formula is C21H20O3. The molecule has 2 aromatic carbocycles. The van der Waals surface area contributed by atoms with E-state index in [4.69, 9.17) is 0 Å². The molecule has 0 aromatic heterocycles. The van der Waals surface area contributed by atoms with Gasteiger partial charge in [-0.05, 0) is 40.7 Å². The summed E-state index contributed by atoms with van der Waals surface area (Å²) in [6.45, 7) is 4.33. The summed E-state index contributed by atoms with van der Waals surface area (Å²) in [5, 5.41) is 9.23. The van der Waals surface area contributed by atoms with Crippen molar-refractivity contribution in [2.45, 2.75) is 32.1 Å². The van der Waals surface area contributed by atoms with Gasteiger partial charge >= 0.3 is 5.97 Å². The zero-order valence-electron chi connectivity index (χ0n) is 13.9. The number of carboxylic acid groups (broad SMARTS) is 1. The Morgan fingerprint density at radius 2 is 1.88 bits per heavy atom. The van der Waals surface area contributed by atoms with Crippen molar-refractivity contribution in [1.82, 2.24) is 0 Å². The molecule has 0 unspecified atom stereocenters. The third kappa shape index (κ3) is 3.02. The molecule has 0 atom stereocenters. The summed E-state index contributed by atoms with van der Waals surface area (Å²) in [7, 11) is 0. The molecule has 2 aromatic rings. The Labute approximate surface area is 141 Å². The molecule has 0 bridgehead atoms. The normalized spacial score (nSPS) is 16.2. The number of carbonyl (C=O) groups is 2. The number of rotatable bonds is 3. The zero-order valence-corrected chi connectivity index (χ0v) is 13.9. The fourth-order valence-electron chi connectivity index (χ4n) is 3.20. The lowest BCUT2D eigenvalue weighted by Crippen LogP contribution is -2.27. The van der Waals surface area contributed by atoms with Crippen molar-refractivity contribution >= 4 is 23.9 Å². The van der Waals surface area contributed by atoms with Gasteiger partial charge in [-0.15, -0.1) is 0 Å². The maximum Gasteiger partial charge on any atom is 0.336 e. The number of carboxylic acids is 1. The molecule has 0 fully saturated rings. The second-order valence-corrected chi connectivity index (χ2v) is 6.84. The predicted molar refractivity (Wildman–Crippen MR) is 95.4 cm³/mol. The Kier molecular flexibility index (Phi) is 4.10. The van der Waals surface area contributed by atoms with E-state index in [1.54, 1.807) is 24.3 Å². The number of hydrogen-bond donors (Lipinski definition) is 1. The number of Topliss-reactive ketones (excluding diaryl/α,β-unsaturated/α-hetero) is 1. The minimum absolute atomic E-state index is 0.0153. The van der Waals surface area contributed by atoms with Crippen LogP contribution >= 0.6 is 0 Å². The van der Waals surface area contributed by atoms with Gasteiger partial charge in [0.2, 0.25) is 0 Å². The first-order valence-corrected chi connectivity index (χ1v) is 8.07. The molecule has 3 nitrogen and oxygen atoms in total. The quantitative estimate of drug-likeness (QED) is 0.826. The smallest absolute Gasteiger partial charge is 0.336 e. The highest BCUT2D eigenvalue weighted by Crippen LogP contribution is 2.37. The summed E-state index contributed by atoms with van der Waals surface area (Å²) in [6.07, 6.45) is 5.09. The second-order valence-electron chi connectivity index (χ2n) is 6.84. The average Bonchev–Trinajstić information content (AvgIpc) is 2.57. The topological polar surface area (TPSA) is 54.4 Å². The summed E-state index contributed by atoms with van der Waals surface area (Å²) in [5.41, 5.74) is 3.72. The first-order chi connectivity index (χ1) is 11.4. The van der Waals surface area contributed by atoms with E-state index in [1.165, 1.54) is 0 Å². The lowest BCUT2D eigenvalue weighted by atomic mass is 9.72. The van der Waals surface area contributed by atoms with Gasteiger partial charge in [0.05, 0.1) is 5.56 Å². The Balaban J connectivity index is 1.97. The zero-order chi connectivity index (χ0) is 17.3. The first kappa shape index (κ1) is 16.2. The molecule has 0 heterocycles. The second kappa shape index (κ2) is 6.08. The summed E-state index contributed by atoms with van der Waals surface area (Å²) < 4.78 is 0. The Morgan fingerprint density at radius 3 is 2.62 bits per heavy atom. The van der Waals surface area contributed by atoms with Gasteiger partial charge in [-0.25, -0.2) is 4.79 Å². The predicted octanol–water partition coefficient (Wildman–Crippen LogP) is 4.81. The van der Waals surface area contributed by atoms with E-state index in [-0.39, 0.29) is 16.8 Å². The third-order valence-electron chi connectivity index (χ3n) is 4.70. The van der Waals surface area contributed by atoms with Crippen molar-refractivity contribution in [3.8, 4) is 0 Å². The van der Waals surface area contributed by atoms with Crippen molar-refractivity contribution in [3.63, 3.8) is 0 Å². The molecule has 1 aliphatic carbocycles. The molecular weight excluding hydrogens is 300 g/mol. The van der Waals surface area contributed by atoms with Gasteiger partial charge in [-0.2, -0.15) is 0 Å². The SMILES string of the molecule is CC1(C)CCC(=O)c2cc(/C=C/c3ccccc3C(=O)O)ccc21. The maximum absolute atomic E-state index is 12.2. The van der Waals surface area contributed by atoms with Crippen molar-refractivity contribution in [3.05, 3.63) is 70.3 Å². The summed E-state index contributed by atoms with van der Waals surface area (Å²) >= 11 is 0. The van der Waals surface area contributed by atoms with E-state index in [0.29, 0.717) is 12.0 Å². The lowest BCUT2D eigenvalue weighted by Gasteiger charge is -2.31. The van der Waals surface area contributed by atoms with Crippen molar-refractivity contribution in [2.24, 2.45) is 0 Å². The number of ketones is 1. The highest BCUT2D eigenvalue weighted by atomic mass is 16.4. The van der Waals surface area contributed by atoms with Crippen LogP contribution in [-0.4, -0.2) is 16.9 Å². The summed E-state index contributed by atoms with van der Waals surface area (Å²) in [5.74, 6) is -0.761. The molecule has 0 aliphatic heterocycles. The highest BCUT2D eigenvalue weighted by Gasteiger charge is 2.31. The van der Waals surface area contributed by atoms with Crippen LogP contribution in [0.25, 0.3) is 12.2 Å². The Bertz CT molecular complexity index is 844. The molecule has 0 spiro atoms. The fourth-order valence-corrected chi connectivity index (χ4v) is 3.20. The van der Waals surface area contributed by atoms with Crippen LogP contribution in [0.5, 0.6) is 0 Å². The minimum atomic E-state index is -0.947. The minimum Gasteiger partial charge on any atom is -0.478 e. The molecule has 3 heteroatoms. The lowest BCUT2D eigenvalue weighted by molar-refractivity contribution is 0.0696. The van der Waals surface area contributed by atoms with Crippen LogP contribution in [-0.2, 0) is 5.41 Å². The number of fused-ring (bicyclic) bond motifs is 1. The molecule has 1 aliphatic rings. The van der Waals surface area contributed by atoms with Crippen LogP contribution < -0.4 is 0 Å². The van der Waals surface area contributed by atoms with Gasteiger partial charge in [-0.1, -0.05) is 56.3 Å². The third-order valence-corrected chi connectivity index (χ3v) is 4.70. The number of hydrogen-bond acceptors (Lipinski definition) is 2. The number of aromatic carboxylic acids is 1. The molecule has 0 amide bonds. The number of benzene rings is 2. The van der Waals surface area contributed by atoms with Crippen LogP contribution in [0.3, 0.4) is 0 Å². The molecule has 1 N–H and O–H groups in total. The average molecular weight is 320 g/mol. The monoisotopic (exact) mass is 320 g/mol. The van der Waals surface area contributed by atoms with Gasteiger partial charge in [0.25, 0.3) is 0 Å². The maximum atomic E-state index is 12.2. The Morgan fingerprint density at radius 1 is 1.12 bits per heavy atom. The largest absolute Gasteiger partial charge is 0.478 e. The fraction of sp³-hybridized carbons (Fsp3) is 0.238. The molecule has 0 radical (unpaired) electrons. The standard InChI is InChI=1S/C21H20O3/c1-21(2)12-11-19(22)17-13-14(8-10-18(17)21)7-9-15-5-3-4-6-16(15)20(23)24/h3-10,13H,11-12H2,1-2H3,(H,23,24)/b9-7+. The van der Waals surface area contributed by atoms with Crippen molar-refractivity contribution in [1.29, 1.82) is 0 Å². The van der Waals surface area contributed by atoms with Crippen LogP contribution in [0.4, 0.5) is 0 Å². The molecule has 0 saturated heterocycles. The van der Waals surface area contributed by atoms with Crippen molar-refractivity contribution in [2.75, 3.05) is 0 Å². The van der Waals surface area contributed by atoms with Crippen LogP contribution in [0.2, 0.25) is 0 Å². The first-order valence-electron chi connectivity index (χ1n) is 8.07. The van der Waals surface area contributed by atoms with Gasteiger partial charge in [-0.3, -0.25) is 4.79 Å². The highest BCUT2D eigenvalue weighted by molar-refractivity contribution is 6.00. The summed E-state index contributed by atoms with van der Waals surface area (Å²) in [4.78, 5) is 23.5. The Hall–Kier alpha value is -2.68. The van der Waals surface area contributed by atoms with Crippen LogP contribution in [0.15, 0.2) is 42.5 Å².